The number of amides is 1. The van der Waals surface area contributed by atoms with E-state index in [1.165, 1.54) is 18.4 Å². The minimum Gasteiger partial charge on any atom is -0.348 e. The molecule has 1 saturated heterocycles. The largest absolute Gasteiger partial charge is 0.348 e. The monoisotopic (exact) mass is 421 g/mol. The summed E-state index contributed by atoms with van der Waals surface area (Å²) in [6.07, 6.45) is 2.03. The molecule has 1 aliphatic rings. The van der Waals surface area contributed by atoms with Crippen LogP contribution in [0.25, 0.3) is 10.3 Å². The van der Waals surface area contributed by atoms with Crippen molar-refractivity contribution in [2.75, 3.05) is 23.3 Å². The summed E-state index contributed by atoms with van der Waals surface area (Å²) in [5, 5.41) is 2.87. The zero-order valence-corrected chi connectivity index (χ0v) is 16.3. The van der Waals surface area contributed by atoms with Crippen molar-refractivity contribution in [1.82, 2.24) is 14.1 Å². The van der Waals surface area contributed by atoms with Gasteiger partial charge in [0.1, 0.15) is 22.9 Å². The Labute approximate surface area is 167 Å². The zero-order valence-electron chi connectivity index (χ0n) is 15.4. The van der Waals surface area contributed by atoms with Gasteiger partial charge in [0.05, 0.1) is 5.69 Å². The van der Waals surface area contributed by atoms with E-state index in [-0.39, 0.29) is 16.0 Å². The first-order valence-corrected chi connectivity index (χ1v) is 9.77. The fourth-order valence-corrected chi connectivity index (χ4v) is 4.34. The van der Waals surface area contributed by atoms with Gasteiger partial charge in [-0.25, -0.2) is 18.6 Å². The molecule has 1 amide bonds. The second-order valence-electron chi connectivity index (χ2n) is 6.75. The maximum absolute atomic E-state index is 13.8. The number of carbonyl (C=O) groups excluding carboxylic acids is 1. The number of anilines is 2. The third-order valence-corrected chi connectivity index (χ3v) is 5.84. The van der Waals surface area contributed by atoms with Crippen LogP contribution in [-0.4, -0.2) is 33.1 Å². The Morgan fingerprint density at radius 2 is 1.97 bits per heavy atom. The molecule has 0 atom stereocenters. The molecule has 11 heteroatoms. The molecule has 4 rings (SSSR count). The highest BCUT2D eigenvalue weighted by Gasteiger charge is 2.22. The highest BCUT2D eigenvalue weighted by atomic mass is 32.1. The topological polar surface area (TPSA) is 89.2 Å². The maximum atomic E-state index is 13.8. The number of carbonyl (C=O) groups is 1. The van der Waals surface area contributed by atoms with Crippen LogP contribution in [0, 0.1) is 11.6 Å². The highest BCUT2D eigenvalue weighted by Crippen LogP contribution is 2.28. The molecular weight excluding hydrogens is 404 g/mol. The SMILES string of the molecule is Cn1c(=O)c2sc(N3CCCC3)nc2n(CC(=O)Nc2cc(F)ccc2F)c1=O. The predicted octanol–water partition coefficient (Wildman–Crippen LogP) is 1.67. The normalized spacial score (nSPS) is 14.0. The molecule has 8 nitrogen and oxygen atoms in total. The van der Waals surface area contributed by atoms with Crippen LogP contribution < -0.4 is 21.5 Å². The third-order valence-electron chi connectivity index (χ3n) is 4.75. The number of hydrogen-bond acceptors (Lipinski definition) is 6. The average Bonchev–Trinajstić information content (AvgIpc) is 3.36. The quantitative estimate of drug-likeness (QED) is 0.692. The molecule has 2 aromatic heterocycles. The van der Waals surface area contributed by atoms with Gasteiger partial charge in [-0.05, 0) is 25.0 Å². The molecule has 3 heterocycles. The molecule has 0 radical (unpaired) electrons. The van der Waals surface area contributed by atoms with Crippen molar-refractivity contribution in [2.45, 2.75) is 19.4 Å². The molecule has 29 heavy (non-hydrogen) atoms. The van der Waals surface area contributed by atoms with E-state index in [1.807, 2.05) is 4.90 Å². The van der Waals surface area contributed by atoms with Crippen molar-refractivity contribution in [3.63, 3.8) is 0 Å². The molecule has 0 saturated carbocycles. The number of aromatic nitrogens is 3. The van der Waals surface area contributed by atoms with Gasteiger partial charge in [-0.15, -0.1) is 0 Å². The molecule has 1 aliphatic heterocycles. The fourth-order valence-electron chi connectivity index (χ4n) is 3.25. The van der Waals surface area contributed by atoms with Gasteiger partial charge < -0.3 is 10.2 Å². The lowest BCUT2D eigenvalue weighted by atomic mass is 10.3. The fraction of sp³-hybridized carbons (Fsp3) is 0.333. The lowest BCUT2D eigenvalue weighted by Gasteiger charge is -2.12. The van der Waals surface area contributed by atoms with Crippen LogP contribution >= 0.6 is 11.3 Å². The second kappa shape index (κ2) is 7.39. The zero-order chi connectivity index (χ0) is 20.7. The smallest absolute Gasteiger partial charge is 0.332 e. The van der Waals surface area contributed by atoms with Crippen LogP contribution in [0.3, 0.4) is 0 Å². The Balaban J connectivity index is 1.72. The van der Waals surface area contributed by atoms with Gasteiger partial charge in [-0.1, -0.05) is 11.3 Å². The number of rotatable bonds is 4. The van der Waals surface area contributed by atoms with E-state index in [2.05, 4.69) is 10.3 Å². The molecule has 1 aromatic carbocycles. The van der Waals surface area contributed by atoms with Crippen molar-refractivity contribution >= 4 is 38.4 Å². The molecule has 0 bridgehead atoms. The van der Waals surface area contributed by atoms with Gasteiger partial charge >= 0.3 is 5.69 Å². The summed E-state index contributed by atoms with van der Waals surface area (Å²) in [6.45, 7) is 1.12. The number of halogens is 2. The molecule has 0 aliphatic carbocycles. The van der Waals surface area contributed by atoms with Crippen LogP contribution in [-0.2, 0) is 18.4 Å². The Morgan fingerprint density at radius 1 is 1.24 bits per heavy atom. The molecule has 0 spiro atoms. The number of nitrogens with zero attached hydrogens (tertiary/aromatic N) is 4. The van der Waals surface area contributed by atoms with Gasteiger partial charge in [-0.3, -0.25) is 18.7 Å². The molecular formula is C18H17F2N5O3S. The van der Waals surface area contributed by atoms with Gasteiger partial charge in [-0.2, -0.15) is 0 Å². The van der Waals surface area contributed by atoms with E-state index < -0.39 is 35.3 Å². The Morgan fingerprint density at radius 3 is 2.69 bits per heavy atom. The summed E-state index contributed by atoms with van der Waals surface area (Å²) in [5.41, 5.74) is -1.42. The van der Waals surface area contributed by atoms with Crippen LogP contribution in [0.15, 0.2) is 27.8 Å². The van der Waals surface area contributed by atoms with Crippen LogP contribution in [0.2, 0.25) is 0 Å². The van der Waals surface area contributed by atoms with E-state index in [9.17, 15) is 23.2 Å². The van der Waals surface area contributed by atoms with E-state index in [0.717, 1.165) is 53.3 Å². The number of thiazole rings is 1. The van der Waals surface area contributed by atoms with Crippen LogP contribution in [0.5, 0.6) is 0 Å². The highest BCUT2D eigenvalue weighted by molar-refractivity contribution is 7.22. The summed E-state index contributed by atoms with van der Waals surface area (Å²) >= 11 is 1.17. The Bertz CT molecular complexity index is 1230. The lowest BCUT2D eigenvalue weighted by Crippen LogP contribution is -2.40. The predicted molar refractivity (Wildman–Crippen MR) is 106 cm³/mol. The average molecular weight is 421 g/mol. The van der Waals surface area contributed by atoms with Crippen molar-refractivity contribution in [2.24, 2.45) is 7.05 Å². The van der Waals surface area contributed by atoms with Gasteiger partial charge in [0, 0.05) is 26.2 Å². The van der Waals surface area contributed by atoms with Gasteiger partial charge in [0.2, 0.25) is 5.91 Å². The van der Waals surface area contributed by atoms with Crippen LogP contribution in [0.4, 0.5) is 19.6 Å². The Kier molecular flexibility index (Phi) is 4.91. The minimum atomic E-state index is -0.803. The van der Waals surface area contributed by atoms with E-state index in [1.54, 1.807) is 0 Å². The van der Waals surface area contributed by atoms with E-state index >= 15 is 0 Å². The summed E-state index contributed by atoms with van der Waals surface area (Å²) in [5.74, 6) is -2.26. The first-order chi connectivity index (χ1) is 13.8. The first kappa shape index (κ1) is 19.2. The van der Waals surface area contributed by atoms with Crippen molar-refractivity contribution in [3.05, 3.63) is 50.7 Å². The van der Waals surface area contributed by atoms with Gasteiger partial charge in [0.15, 0.2) is 10.8 Å². The van der Waals surface area contributed by atoms with E-state index in [0.29, 0.717) is 5.13 Å². The van der Waals surface area contributed by atoms with E-state index in [4.69, 9.17) is 0 Å². The summed E-state index contributed by atoms with van der Waals surface area (Å²) < 4.78 is 29.3. The first-order valence-electron chi connectivity index (χ1n) is 8.95. The standard InChI is InChI=1S/C18H17F2N5O3S/c1-23-16(27)14-15(22-17(29-14)24-6-2-3-7-24)25(18(23)28)9-13(26)21-12-8-10(19)4-5-11(12)20/h4-5,8H,2-3,6-7,9H2,1H3,(H,21,26). The van der Waals surface area contributed by atoms with Crippen LogP contribution in [0.1, 0.15) is 12.8 Å². The lowest BCUT2D eigenvalue weighted by molar-refractivity contribution is -0.116. The number of benzene rings is 1. The summed E-state index contributed by atoms with van der Waals surface area (Å²) in [4.78, 5) is 44.0. The van der Waals surface area contributed by atoms with Gasteiger partial charge in [0.25, 0.3) is 5.56 Å². The van der Waals surface area contributed by atoms with Crippen molar-refractivity contribution < 1.29 is 13.6 Å². The number of fused-ring (bicyclic) bond motifs is 1. The summed E-state index contributed by atoms with van der Waals surface area (Å²) in [7, 11) is 1.32. The molecule has 3 aromatic rings. The summed E-state index contributed by atoms with van der Waals surface area (Å²) in [6, 6.07) is 2.67. The van der Waals surface area contributed by atoms with Crippen molar-refractivity contribution in [3.8, 4) is 0 Å². The number of nitrogens with one attached hydrogen (secondary N) is 1. The minimum absolute atomic E-state index is 0.111. The molecule has 1 N–H and O–H groups in total. The third kappa shape index (κ3) is 3.53. The maximum Gasteiger partial charge on any atom is 0.332 e. The molecule has 0 unspecified atom stereocenters. The second-order valence-corrected chi connectivity index (χ2v) is 7.73. The molecule has 1 fully saturated rings. The Hall–Kier alpha value is -3.08. The molecule has 152 valence electrons. The number of hydrogen-bond donors (Lipinski definition) is 1. The van der Waals surface area contributed by atoms with Crippen molar-refractivity contribution in [1.29, 1.82) is 0 Å².